The molecule has 9 nitrogen and oxygen atoms in total. The van der Waals surface area contributed by atoms with E-state index in [1.165, 1.54) is 6.33 Å². The number of anilines is 2. The lowest BCUT2D eigenvalue weighted by molar-refractivity contribution is -0.383. The number of aromatic nitrogens is 2. The second kappa shape index (κ2) is 8.24. The van der Waals surface area contributed by atoms with Crippen LogP contribution in [-0.4, -0.2) is 33.9 Å². The number of benzene rings is 1. The van der Waals surface area contributed by atoms with E-state index in [4.69, 9.17) is 0 Å². The third-order valence-electron chi connectivity index (χ3n) is 4.17. The molecular formula is C17H20N6O3. The van der Waals surface area contributed by atoms with E-state index in [1.807, 2.05) is 35.2 Å². The van der Waals surface area contributed by atoms with E-state index in [1.54, 1.807) is 0 Å². The smallest absolute Gasteiger partial charge is 0.351 e. The Kier molecular flexibility index (Phi) is 5.57. The summed E-state index contributed by atoms with van der Waals surface area (Å²) in [6, 6.07) is 9.22. The Morgan fingerprint density at radius 2 is 1.88 bits per heavy atom. The number of carbonyl (C=O) groups is 1. The molecule has 3 rings (SSSR count). The van der Waals surface area contributed by atoms with Gasteiger partial charge in [-0.15, -0.1) is 0 Å². The minimum Gasteiger partial charge on any atom is -0.351 e. The summed E-state index contributed by atoms with van der Waals surface area (Å²) in [5, 5.41) is 11.6. The summed E-state index contributed by atoms with van der Waals surface area (Å²) in [5.41, 5.74) is 5.66. The zero-order valence-corrected chi connectivity index (χ0v) is 14.2. The highest BCUT2D eigenvalue weighted by Gasteiger charge is 2.28. The zero-order chi connectivity index (χ0) is 18.4. The van der Waals surface area contributed by atoms with E-state index >= 15 is 0 Å². The van der Waals surface area contributed by atoms with Crippen LogP contribution >= 0.6 is 0 Å². The number of nitro groups is 1. The van der Waals surface area contributed by atoms with Crippen molar-refractivity contribution in [1.82, 2.24) is 15.4 Å². The number of rotatable bonds is 6. The third-order valence-corrected chi connectivity index (χ3v) is 4.17. The van der Waals surface area contributed by atoms with Gasteiger partial charge in [-0.2, -0.15) is 0 Å². The van der Waals surface area contributed by atoms with Gasteiger partial charge in [-0.1, -0.05) is 30.3 Å². The summed E-state index contributed by atoms with van der Waals surface area (Å²) in [5.74, 6) is -0.0554. The molecule has 1 saturated heterocycles. The topological polar surface area (TPSA) is 113 Å². The third kappa shape index (κ3) is 4.24. The first-order chi connectivity index (χ1) is 12.6. The van der Waals surface area contributed by atoms with Crippen LogP contribution in [0.5, 0.6) is 0 Å². The van der Waals surface area contributed by atoms with Crippen LogP contribution in [0.15, 0.2) is 36.7 Å². The molecule has 1 amide bonds. The standard InChI is InChI=1S/C17H20N6O3/c24-14(11-13-7-3-1-4-8-13)20-21-16-15(23(25)26)17(19-12-18-16)22-9-5-2-6-10-22/h1,3-4,7-8,12H,2,5-6,9-11H2,(H,20,24)(H,18,19,21). The molecule has 0 spiro atoms. The molecule has 1 aliphatic rings. The summed E-state index contributed by atoms with van der Waals surface area (Å²) < 4.78 is 0. The van der Waals surface area contributed by atoms with Crippen LogP contribution in [0.25, 0.3) is 0 Å². The first-order valence-electron chi connectivity index (χ1n) is 8.48. The van der Waals surface area contributed by atoms with Gasteiger partial charge in [-0.3, -0.25) is 25.8 Å². The molecular weight excluding hydrogens is 336 g/mol. The van der Waals surface area contributed by atoms with Gasteiger partial charge in [0, 0.05) is 13.1 Å². The van der Waals surface area contributed by atoms with Gasteiger partial charge in [0.05, 0.1) is 11.3 Å². The first kappa shape index (κ1) is 17.6. The lowest BCUT2D eigenvalue weighted by Gasteiger charge is -2.27. The summed E-state index contributed by atoms with van der Waals surface area (Å²) in [7, 11) is 0. The van der Waals surface area contributed by atoms with Gasteiger partial charge < -0.3 is 4.90 Å². The van der Waals surface area contributed by atoms with Crippen molar-refractivity contribution < 1.29 is 9.72 Å². The van der Waals surface area contributed by atoms with E-state index in [2.05, 4.69) is 20.8 Å². The van der Waals surface area contributed by atoms with Crippen LogP contribution in [0.2, 0.25) is 0 Å². The zero-order valence-electron chi connectivity index (χ0n) is 14.2. The molecule has 0 atom stereocenters. The Labute approximate surface area is 150 Å². The highest BCUT2D eigenvalue weighted by Crippen LogP contribution is 2.32. The van der Waals surface area contributed by atoms with Crippen LogP contribution in [0, 0.1) is 10.1 Å². The molecule has 0 bridgehead atoms. The molecule has 1 aromatic carbocycles. The number of nitrogens with zero attached hydrogens (tertiary/aromatic N) is 4. The first-order valence-corrected chi connectivity index (χ1v) is 8.48. The van der Waals surface area contributed by atoms with Crippen molar-refractivity contribution in [1.29, 1.82) is 0 Å². The van der Waals surface area contributed by atoms with Crippen LogP contribution in [0.4, 0.5) is 17.3 Å². The molecule has 2 heterocycles. The SMILES string of the molecule is O=C(Cc1ccccc1)NNc1ncnc(N2CCCCC2)c1[N+](=O)[O-]. The van der Waals surface area contributed by atoms with E-state index in [9.17, 15) is 14.9 Å². The number of hydrogen-bond donors (Lipinski definition) is 2. The van der Waals surface area contributed by atoms with E-state index in [0.717, 1.165) is 37.9 Å². The lowest BCUT2D eigenvalue weighted by Crippen LogP contribution is -2.33. The summed E-state index contributed by atoms with van der Waals surface area (Å²) >= 11 is 0. The van der Waals surface area contributed by atoms with Gasteiger partial charge in [-0.05, 0) is 24.8 Å². The molecule has 1 aliphatic heterocycles. The Morgan fingerprint density at radius 1 is 1.15 bits per heavy atom. The fraction of sp³-hybridized carbons (Fsp3) is 0.353. The maximum absolute atomic E-state index is 12.1. The molecule has 26 heavy (non-hydrogen) atoms. The normalized spacial score (nSPS) is 13.9. The molecule has 136 valence electrons. The molecule has 0 saturated carbocycles. The van der Waals surface area contributed by atoms with Crippen molar-refractivity contribution in [2.24, 2.45) is 0 Å². The van der Waals surface area contributed by atoms with Gasteiger partial charge in [0.25, 0.3) is 0 Å². The van der Waals surface area contributed by atoms with Gasteiger partial charge in [0.2, 0.25) is 17.5 Å². The number of hydrogen-bond acceptors (Lipinski definition) is 7. The van der Waals surface area contributed by atoms with Gasteiger partial charge in [-0.25, -0.2) is 9.97 Å². The van der Waals surface area contributed by atoms with Crippen LogP contribution in [-0.2, 0) is 11.2 Å². The number of hydrazine groups is 1. The number of piperidine rings is 1. The molecule has 0 radical (unpaired) electrons. The van der Waals surface area contributed by atoms with Crippen LogP contribution < -0.4 is 15.8 Å². The summed E-state index contributed by atoms with van der Waals surface area (Å²) in [4.78, 5) is 33.0. The van der Waals surface area contributed by atoms with Gasteiger partial charge >= 0.3 is 5.69 Å². The molecule has 1 aromatic heterocycles. The quantitative estimate of drug-likeness (QED) is 0.601. The van der Waals surface area contributed by atoms with E-state index in [-0.39, 0.29) is 29.7 Å². The summed E-state index contributed by atoms with van der Waals surface area (Å²) in [6.45, 7) is 1.44. The lowest BCUT2D eigenvalue weighted by atomic mass is 10.1. The number of carbonyl (C=O) groups excluding carboxylic acids is 1. The van der Waals surface area contributed by atoms with Crippen molar-refractivity contribution in [2.45, 2.75) is 25.7 Å². The Morgan fingerprint density at radius 3 is 2.58 bits per heavy atom. The molecule has 2 aromatic rings. The van der Waals surface area contributed by atoms with Crippen molar-refractivity contribution in [3.63, 3.8) is 0 Å². The molecule has 0 unspecified atom stereocenters. The fourth-order valence-electron chi connectivity index (χ4n) is 2.92. The molecule has 1 fully saturated rings. The molecule has 9 heteroatoms. The van der Waals surface area contributed by atoms with Crippen molar-refractivity contribution in [3.05, 3.63) is 52.3 Å². The average Bonchev–Trinajstić information content (AvgIpc) is 2.67. The van der Waals surface area contributed by atoms with Crippen LogP contribution in [0.3, 0.4) is 0 Å². The predicted molar refractivity (Wildman–Crippen MR) is 96.7 cm³/mol. The Bertz CT molecular complexity index is 777. The minimum atomic E-state index is -0.518. The number of nitrogens with one attached hydrogen (secondary N) is 2. The van der Waals surface area contributed by atoms with Crippen LogP contribution in [0.1, 0.15) is 24.8 Å². The maximum atomic E-state index is 12.1. The average molecular weight is 356 g/mol. The van der Waals surface area contributed by atoms with E-state index < -0.39 is 4.92 Å². The second-order valence-electron chi connectivity index (χ2n) is 6.03. The van der Waals surface area contributed by atoms with Crippen molar-refractivity contribution in [3.8, 4) is 0 Å². The van der Waals surface area contributed by atoms with Gasteiger partial charge in [0.1, 0.15) is 6.33 Å². The Balaban J connectivity index is 1.72. The monoisotopic (exact) mass is 356 g/mol. The van der Waals surface area contributed by atoms with Crippen molar-refractivity contribution in [2.75, 3.05) is 23.4 Å². The minimum absolute atomic E-state index is 0.0213. The summed E-state index contributed by atoms with van der Waals surface area (Å²) in [6.07, 6.45) is 4.47. The van der Waals surface area contributed by atoms with Gasteiger partial charge in [0.15, 0.2) is 0 Å². The largest absolute Gasteiger partial charge is 0.355 e. The second-order valence-corrected chi connectivity index (χ2v) is 6.03. The fourth-order valence-corrected chi connectivity index (χ4v) is 2.92. The molecule has 0 aliphatic carbocycles. The highest BCUT2D eigenvalue weighted by atomic mass is 16.6. The maximum Gasteiger partial charge on any atom is 0.355 e. The Hall–Kier alpha value is -3.23. The van der Waals surface area contributed by atoms with Crippen molar-refractivity contribution >= 4 is 23.2 Å². The van der Waals surface area contributed by atoms with E-state index in [0.29, 0.717) is 0 Å². The predicted octanol–water partition coefficient (Wildman–Crippen LogP) is 2.06. The molecule has 2 N–H and O–H groups in total. The highest BCUT2D eigenvalue weighted by molar-refractivity contribution is 5.81. The number of amides is 1.